The van der Waals surface area contributed by atoms with Crippen LogP contribution in [0.15, 0.2) is 55.0 Å². The molecule has 1 fully saturated rings. The van der Waals surface area contributed by atoms with Crippen molar-refractivity contribution < 1.29 is 18.4 Å². The number of carbonyl (C=O) groups excluding carboxylic acids is 2. The molecular weight excluding hydrogens is 432 g/mol. The number of aromatic nitrogens is 3. The molecular formula is C21H20N6O4S. The Morgan fingerprint density at radius 2 is 1.66 bits per heavy atom. The van der Waals surface area contributed by atoms with E-state index in [2.05, 4.69) is 20.3 Å². The molecule has 1 atom stereocenters. The Bertz CT molecular complexity index is 1160. The number of hydrogen-bond acceptors (Lipinski definition) is 7. The van der Waals surface area contributed by atoms with E-state index in [4.69, 9.17) is 10.3 Å². The van der Waals surface area contributed by atoms with Gasteiger partial charge in [-0.25, -0.2) is 23.9 Å². The molecule has 1 aliphatic carbocycles. The Morgan fingerprint density at radius 1 is 0.969 bits per heavy atom. The van der Waals surface area contributed by atoms with Crippen LogP contribution in [0.2, 0.25) is 0 Å². The number of anilines is 2. The summed E-state index contributed by atoms with van der Waals surface area (Å²) in [4.78, 5) is 36.9. The zero-order chi connectivity index (χ0) is 22.7. The Kier molecular flexibility index (Phi) is 5.93. The summed E-state index contributed by atoms with van der Waals surface area (Å²) in [6.45, 7) is 0. The number of carbonyl (C=O) groups is 2. The highest BCUT2D eigenvalue weighted by Gasteiger charge is 2.45. The minimum Gasteiger partial charge on any atom is -0.368 e. The van der Waals surface area contributed by atoms with Crippen molar-refractivity contribution in [2.24, 2.45) is 0 Å². The molecule has 1 aliphatic rings. The first-order chi connectivity index (χ1) is 15.4. The van der Waals surface area contributed by atoms with Gasteiger partial charge in [0, 0.05) is 24.2 Å². The van der Waals surface area contributed by atoms with Crippen LogP contribution in [0.25, 0.3) is 11.1 Å². The predicted molar refractivity (Wildman–Crippen MR) is 119 cm³/mol. The molecule has 0 saturated heterocycles. The number of benzene rings is 1. The van der Waals surface area contributed by atoms with Crippen LogP contribution in [0.3, 0.4) is 0 Å². The summed E-state index contributed by atoms with van der Waals surface area (Å²) in [6, 6.07) is 10.6. The number of pyridine rings is 1. The lowest BCUT2D eigenvalue weighted by Crippen LogP contribution is -2.46. The molecule has 11 heteroatoms. The second-order valence-electron chi connectivity index (χ2n) is 7.41. The SMILES string of the molecule is Nc1ncc(-c2ccc(C3(C(=O)Nc4ccc(C(=O)NS(=O)O)cn4)CCC3)cc2)cn1. The van der Waals surface area contributed by atoms with Gasteiger partial charge in [-0.05, 0) is 36.1 Å². The van der Waals surface area contributed by atoms with Gasteiger partial charge in [0.2, 0.25) is 11.9 Å². The normalized spacial score (nSPS) is 15.3. The molecule has 10 nitrogen and oxygen atoms in total. The highest BCUT2D eigenvalue weighted by molar-refractivity contribution is 7.77. The zero-order valence-electron chi connectivity index (χ0n) is 16.8. The number of nitrogens with one attached hydrogen (secondary N) is 2. The van der Waals surface area contributed by atoms with E-state index in [0.717, 1.165) is 23.1 Å². The van der Waals surface area contributed by atoms with E-state index in [0.29, 0.717) is 18.7 Å². The molecule has 0 spiro atoms. The van der Waals surface area contributed by atoms with Gasteiger partial charge in [-0.3, -0.25) is 14.1 Å². The van der Waals surface area contributed by atoms with Gasteiger partial charge in [0.1, 0.15) is 5.82 Å². The van der Waals surface area contributed by atoms with Crippen LogP contribution in [0, 0.1) is 0 Å². The van der Waals surface area contributed by atoms with Crippen molar-refractivity contribution in [1.29, 1.82) is 0 Å². The molecule has 0 aliphatic heterocycles. The van der Waals surface area contributed by atoms with Crippen molar-refractivity contribution in [1.82, 2.24) is 19.7 Å². The largest absolute Gasteiger partial charge is 0.368 e. The fraction of sp³-hybridized carbons (Fsp3) is 0.190. The summed E-state index contributed by atoms with van der Waals surface area (Å²) in [6.07, 6.45) is 6.90. The molecule has 4 rings (SSSR count). The fourth-order valence-electron chi connectivity index (χ4n) is 3.62. The molecule has 32 heavy (non-hydrogen) atoms. The first-order valence-electron chi connectivity index (χ1n) is 9.75. The van der Waals surface area contributed by atoms with Crippen LogP contribution in [0.4, 0.5) is 11.8 Å². The van der Waals surface area contributed by atoms with Gasteiger partial charge in [0.25, 0.3) is 17.2 Å². The van der Waals surface area contributed by atoms with Crippen LogP contribution >= 0.6 is 0 Å². The lowest BCUT2D eigenvalue weighted by Gasteiger charge is -2.40. The van der Waals surface area contributed by atoms with Gasteiger partial charge in [0.05, 0.1) is 11.0 Å². The van der Waals surface area contributed by atoms with Crippen molar-refractivity contribution in [2.75, 3.05) is 11.1 Å². The van der Waals surface area contributed by atoms with Crippen molar-refractivity contribution in [3.05, 3.63) is 66.1 Å². The topological polar surface area (TPSA) is 160 Å². The monoisotopic (exact) mass is 452 g/mol. The van der Waals surface area contributed by atoms with Gasteiger partial charge < -0.3 is 11.1 Å². The minimum atomic E-state index is -2.46. The Balaban J connectivity index is 1.49. The lowest BCUT2D eigenvalue weighted by atomic mass is 9.63. The predicted octanol–water partition coefficient (Wildman–Crippen LogP) is 2.05. The molecule has 0 radical (unpaired) electrons. The molecule has 1 unspecified atom stereocenters. The highest BCUT2D eigenvalue weighted by atomic mass is 32.2. The summed E-state index contributed by atoms with van der Waals surface area (Å²) in [5, 5.41) is 2.82. The molecule has 5 N–H and O–H groups in total. The third-order valence-electron chi connectivity index (χ3n) is 5.53. The lowest BCUT2D eigenvalue weighted by molar-refractivity contribution is -0.124. The maximum absolute atomic E-state index is 13.1. The maximum Gasteiger partial charge on any atom is 0.266 e. The smallest absolute Gasteiger partial charge is 0.266 e. The second kappa shape index (κ2) is 8.81. The third kappa shape index (κ3) is 4.34. The van der Waals surface area contributed by atoms with Crippen molar-refractivity contribution in [3.63, 3.8) is 0 Å². The molecule has 2 heterocycles. The van der Waals surface area contributed by atoms with Crippen molar-refractivity contribution in [2.45, 2.75) is 24.7 Å². The summed E-state index contributed by atoms with van der Waals surface area (Å²) < 4.78 is 21.3. The van der Waals surface area contributed by atoms with E-state index in [1.165, 1.54) is 18.3 Å². The summed E-state index contributed by atoms with van der Waals surface area (Å²) >= 11 is -2.46. The first kappa shape index (κ1) is 21.5. The second-order valence-corrected chi connectivity index (χ2v) is 8.11. The van der Waals surface area contributed by atoms with E-state index in [9.17, 15) is 13.8 Å². The van der Waals surface area contributed by atoms with Crippen LogP contribution in [-0.2, 0) is 21.5 Å². The quantitative estimate of drug-likeness (QED) is 0.413. The van der Waals surface area contributed by atoms with Crippen LogP contribution < -0.4 is 15.8 Å². The van der Waals surface area contributed by atoms with Gasteiger partial charge in [-0.1, -0.05) is 30.7 Å². The van der Waals surface area contributed by atoms with E-state index >= 15 is 0 Å². The maximum atomic E-state index is 13.1. The number of nitrogen functional groups attached to an aromatic ring is 1. The number of nitrogens with zero attached hydrogens (tertiary/aromatic N) is 3. The Labute approximate surface area is 186 Å². The van der Waals surface area contributed by atoms with Crippen LogP contribution in [-0.4, -0.2) is 35.5 Å². The number of amides is 2. The number of rotatable bonds is 6. The Morgan fingerprint density at radius 3 is 2.19 bits per heavy atom. The molecule has 1 aromatic carbocycles. The van der Waals surface area contributed by atoms with Crippen LogP contribution in [0.1, 0.15) is 35.2 Å². The van der Waals surface area contributed by atoms with Gasteiger partial charge in [-0.15, -0.1) is 0 Å². The first-order valence-corrected chi connectivity index (χ1v) is 10.9. The third-order valence-corrected chi connectivity index (χ3v) is 5.89. The van der Waals surface area contributed by atoms with Crippen molar-refractivity contribution in [3.8, 4) is 11.1 Å². The Hall–Kier alpha value is -3.70. The zero-order valence-corrected chi connectivity index (χ0v) is 17.6. The van der Waals surface area contributed by atoms with Crippen LogP contribution in [0.5, 0.6) is 0 Å². The average molecular weight is 452 g/mol. The molecule has 1 saturated carbocycles. The molecule has 2 amide bonds. The summed E-state index contributed by atoms with van der Waals surface area (Å²) in [7, 11) is 0. The van der Waals surface area contributed by atoms with Crippen molar-refractivity contribution >= 4 is 34.8 Å². The summed E-state index contributed by atoms with van der Waals surface area (Å²) in [5.41, 5.74) is 7.64. The molecule has 0 bridgehead atoms. The van der Waals surface area contributed by atoms with E-state index in [1.807, 2.05) is 29.0 Å². The molecule has 3 aromatic rings. The molecule has 164 valence electrons. The minimum absolute atomic E-state index is 0.103. The summed E-state index contributed by atoms with van der Waals surface area (Å²) in [5.74, 6) is -0.411. The highest BCUT2D eigenvalue weighted by Crippen LogP contribution is 2.45. The average Bonchev–Trinajstić information content (AvgIpc) is 2.74. The van der Waals surface area contributed by atoms with E-state index in [-0.39, 0.29) is 17.4 Å². The van der Waals surface area contributed by atoms with E-state index in [1.54, 1.807) is 12.4 Å². The standard InChI is InChI=1S/C21H20N6O4S/c22-20-24-11-15(12-25-20)13-2-5-16(6-3-13)21(8-1-9-21)19(29)26-17-7-4-14(10-23-17)18(28)27-32(30)31/h2-7,10-12H,1,8-9H2,(H,27,28)(H,30,31)(H2,22,24,25)(H,23,26,29). The van der Waals surface area contributed by atoms with Gasteiger partial charge in [0.15, 0.2) is 0 Å². The van der Waals surface area contributed by atoms with Gasteiger partial charge in [-0.2, -0.15) is 0 Å². The number of hydrogen-bond donors (Lipinski definition) is 4. The van der Waals surface area contributed by atoms with E-state index < -0.39 is 22.6 Å². The fourth-order valence-corrected chi connectivity index (χ4v) is 3.90. The molecule has 2 aromatic heterocycles. The number of nitrogens with two attached hydrogens (primary N) is 1. The van der Waals surface area contributed by atoms with Gasteiger partial charge >= 0.3 is 0 Å².